The number of benzene rings is 2. The molecule has 0 saturated heterocycles. The predicted molar refractivity (Wildman–Crippen MR) is 86.8 cm³/mol. The van der Waals surface area contributed by atoms with E-state index in [0.717, 1.165) is 11.0 Å². The Morgan fingerprint density at radius 1 is 1.21 bits per heavy atom. The van der Waals surface area contributed by atoms with Gasteiger partial charge in [0, 0.05) is 0 Å². The maximum atomic E-state index is 11.4. The van der Waals surface area contributed by atoms with Crippen LogP contribution in [0.15, 0.2) is 48.5 Å². The molecule has 3 aromatic rings. The average Bonchev–Trinajstić information content (AvgIpc) is 3.03. The van der Waals surface area contributed by atoms with Crippen LogP contribution in [0.25, 0.3) is 11.0 Å². The third-order valence-electron chi connectivity index (χ3n) is 3.52. The van der Waals surface area contributed by atoms with Gasteiger partial charge in [-0.1, -0.05) is 17.3 Å². The topological polar surface area (TPSA) is 86.5 Å². The summed E-state index contributed by atoms with van der Waals surface area (Å²) in [6.45, 7) is 0.381. The summed E-state index contributed by atoms with van der Waals surface area (Å²) in [5.74, 6) is 0.157. The number of nitrogens with zero attached hydrogens (tertiary/aromatic N) is 3. The number of methoxy groups -OCH3 is 1. The molecule has 7 nitrogen and oxygen atoms in total. The number of hydrogen-bond acceptors (Lipinski definition) is 6. The van der Waals surface area contributed by atoms with Gasteiger partial charge in [-0.3, -0.25) is 0 Å². The molecule has 3 rings (SSSR count). The highest BCUT2D eigenvalue weighted by Crippen LogP contribution is 2.14. The van der Waals surface area contributed by atoms with Crippen LogP contribution in [0, 0.1) is 0 Å². The molecule has 0 fully saturated rings. The zero-order valence-corrected chi connectivity index (χ0v) is 13.1. The molecule has 0 unspecified atom stereocenters. The minimum Gasteiger partial charge on any atom is -0.491 e. The highest BCUT2D eigenvalue weighted by atomic mass is 16.5. The van der Waals surface area contributed by atoms with Crippen molar-refractivity contribution in [2.45, 2.75) is 12.6 Å². The Hall–Kier alpha value is -2.93. The number of fused-ring (bicyclic) bond motifs is 1. The lowest BCUT2D eigenvalue weighted by Crippen LogP contribution is -2.24. The number of para-hydroxylation sites is 1. The van der Waals surface area contributed by atoms with E-state index in [1.54, 1.807) is 28.9 Å². The van der Waals surface area contributed by atoms with Gasteiger partial charge in [0.2, 0.25) is 0 Å². The number of aromatic nitrogens is 3. The first-order chi connectivity index (χ1) is 11.7. The van der Waals surface area contributed by atoms with Crippen molar-refractivity contribution in [1.29, 1.82) is 0 Å². The summed E-state index contributed by atoms with van der Waals surface area (Å²) in [5.41, 5.74) is 2.09. The highest BCUT2D eigenvalue weighted by Gasteiger charge is 2.11. The van der Waals surface area contributed by atoms with Crippen molar-refractivity contribution < 1.29 is 19.4 Å². The molecular formula is C17H17N3O4. The molecule has 1 heterocycles. The van der Waals surface area contributed by atoms with Crippen LogP contribution in [-0.2, 0) is 11.3 Å². The van der Waals surface area contributed by atoms with Gasteiger partial charge >= 0.3 is 5.97 Å². The lowest BCUT2D eigenvalue weighted by atomic mass is 10.2. The molecule has 0 aliphatic carbocycles. The van der Waals surface area contributed by atoms with Crippen LogP contribution in [0.1, 0.15) is 10.4 Å². The van der Waals surface area contributed by atoms with E-state index < -0.39 is 12.1 Å². The Balaban J connectivity index is 1.57. The smallest absolute Gasteiger partial charge is 0.337 e. The number of carbonyl (C=O) groups is 1. The molecule has 24 heavy (non-hydrogen) atoms. The third kappa shape index (κ3) is 3.52. The molecule has 0 aliphatic heterocycles. The quantitative estimate of drug-likeness (QED) is 0.693. The van der Waals surface area contributed by atoms with Gasteiger partial charge in [0.05, 0.1) is 24.7 Å². The van der Waals surface area contributed by atoms with Crippen LogP contribution >= 0.6 is 0 Å². The van der Waals surface area contributed by atoms with Gasteiger partial charge < -0.3 is 14.6 Å². The van der Waals surface area contributed by atoms with E-state index in [2.05, 4.69) is 15.0 Å². The first kappa shape index (κ1) is 15.9. The summed E-state index contributed by atoms with van der Waals surface area (Å²) in [6, 6.07) is 14.1. The van der Waals surface area contributed by atoms with Crippen molar-refractivity contribution in [3.63, 3.8) is 0 Å². The number of ether oxygens (including phenoxy) is 2. The van der Waals surface area contributed by atoms with E-state index in [-0.39, 0.29) is 13.2 Å². The van der Waals surface area contributed by atoms with Gasteiger partial charge in [-0.25, -0.2) is 9.48 Å². The summed E-state index contributed by atoms with van der Waals surface area (Å²) < 4.78 is 11.8. The molecular weight excluding hydrogens is 310 g/mol. The number of rotatable bonds is 6. The van der Waals surface area contributed by atoms with Crippen molar-refractivity contribution in [2.75, 3.05) is 13.7 Å². The van der Waals surface area contributed by atoms with Crippen molar-refractivity contribution >= 4 is 17.0 Å². The van der Waals surface area contributed by atoms with Crippen LogP contribution in [0.2, 0.25) is 0 Å². The second-order valence-corrected chi connectivity index (χ2v) is 5.24. The van der Waals surface area contributed by atoms with E-state index >= 15 is 0 Å². The van der Waals surface area contributed by atoms with E-state index in [0.29, 0.717) is 11.3 Å². The highest BCUT2D eigenvalue weighted by molar-refractivity contribution is 5.89. The van der Waals surface area contributed by atoms with Crippen molar-refractivity contribution in [2.24, 2.45) is 0 Å². The fourth-order valence-corrected chi connectivity index (χ4v) is 2.30. The Morgan fingerprint density at radius 2 is 1.96 bits per heavy atom. The summed E-state index contributed by atoms with van der Waals surface area (Å²) in [5, 5.41) is 18.2. The fourth-order valence-electron chi connectivity index (χ4n) is 2.30. The lowest BCUT2D eigenvalue weighted by molar-refractivity contribution is 0.0600. The number of aliphatic hydroxyl groups excluding tert-OH is 1. The van der Waals surface area contributed by atoms with Gasteiger partial charge in [0.15, 0.2) is 0 Å². The second-order valence-electron chi connectivity index (χ2n) is 5.24. The minimum absolute atomic E-state index is 0.103. The average molecular weight is 327 g/mol. The SMILES string of the molecule is COC(=O)c1ccc(OC[C@H](O)Cn2nnc3ccccc32)cc1. The van der Waals surface area contributed by atoms with E-state index in [4.69, 9.17) is 4.74 Å². The zero-order valence-electron chi connectivity index (χ0n) is 13.1. The molecule has 0 spiro atoms. The maximum absolute atomic E-state index is 11.4. The molecule has 0 radical (unpaired) electrons. The third-order valence-corrected chi connectivity index (χ3v) is 3.52. The summed E-state index contributed by atoms with van der Waals surface area (Å²) in [7, 11) is 1.33. The summed E-state index contributed by atoms with van der Waals surface area (Å²) >= 11 is 0. The lowest BCUT2D eigenvalue weighted by Gasteiger charge is -2.13. The van der Waals surface area contributed by atoms with Crippen LogP contribution in [-0.4, -0.2) is 45.9 Å². The van der Waals surface area contributed by atoms with Gasteiger partial charge in [-0.05, 0) is 36.4 Å². The van der Waals surface area contributed by atoms with Gasteiger partial charge in [-0.15, -0.1) is 5.10 Å². The predicted octanol–water partition coefficient (Wildman–Crippen LogP) is 1.66. The molecule has 1 atom stereocenters. The number of esters is 1. The first-order valence-electron chi connectivity index (χ1n) is 7.45. The number of carbonyl (C=O) groups excluding carboxylic acids is 1. The fraction of sp³-hybridized carbons (Fsp3) is 0.235. The molecule has 0 aliphatic rings. The van der Waals surface area contributed by atoms with Gasteiger partial charge in [0.1, 0.15) is 24.0 Å². The Morgan fingerprint density at radius 3 is 2.71 bits per heavy atom. The molecule has 0 bridgehead atoms. The molecule has 7 heteroatoms. The molecule has 1 aromatic heterocycles. The van der Waals surface area contributed by atoms with E-state index in [9.17, 15) is 9.90 Å². The Labute approximate surface area is 138 Å². The van der Waals surface area contributed by atoms with Crippen LogP contribution in [0.4, 0.5) is 0 Å². The zero-order chi connectivity index (χ0) is 16.9. The van der Waals surface area contributed by atoms with Crippen LogP contribution in [0.3, 0.4) is 0 Å². The molecule has 2 aromatic carbocycles. The van der Waals surface area contributed by atoms with E-state index in [1.807, 2.05) is 24.3 Å². The summed E-state index contributed by atoms with van der Waals surface area (Å²) in [4.78, 5) is 11.4. The molecule has 0 amide bonds. The summed E-state index contributed by atoms with van der Waals surface area (Å²) in [6.07, 6.45) is -0.740. The largest absolute Gasteiger partial charge is 0.491 e. The number of aliphatic hydroxyl groups is 1. The second kappa shape index (κ2) is 7.10. The van der Waals surface area contributed by atoms with Crippen molar-refractivity contribution in [1.82, 2.24) is 15.0 Å². The van der Waals surface area contributed by atoms with Gasteiger partial charge in [0.25, 0.3) is 0 Å². The standard InChI is InChI=1S/C17H17N3O4/c1-23-17(22)12-6-8-14(9-7-12)24-11-13(21)10-20-16-5-3-2-4-15(16)18-19-20/h2-9,13,21H,10-11H2,1H3/t13-/m1/s1. The first-order valence-corrected chi connectivity index (χ1v) is 7.45. The Bertz CT molecular complexity index is 829. The van der Waals surface area contributed by atoms with Crippen LogP contribution in [0.5, 0.6) is 5.75 Å². The van der Waals surface area contributed by atoms with E-state index in [1.165, 1.54) is 7.11 Å². The van der Waals surface area contributed by atoms with Crippen molar-refractivity contribution in [3.05, 3.63) is 54.1 Å². The normalized spacial score (nSPS) is 12.1. The molecule has 1 N–H and O–H groups in total. The van der Waals surface area contributed by atoms with Gasteiger partial charge in [-0.2, -0.15) is 0 Å². The minimum atomic E-state index is -0.740. The Kier molecular flexibility index (Phi) is 4.72. The van der Waals surface area contributed by atoms with Crippen LogP contribution < -0.4 is 4.74 Å². The number of hydrogen-bond donors (Lipinski definition) is 1. The molecule has 0 saturated carbocycles. The molecule has 124 valence electrons. The maximum Gasteiger partial charge on any atom is 0.337 e. The van der Waals surface area contributed by atoms with Crippen molar-refractivity contribution in [3.8, 4) is 5.75 Å². The monoisotopic (exact) mass is 327 g/mol.